The maximum absolute atomic E-state index is 3.12. The fourth-order valence-corrected chi connectivity index (χ4v) is 0.100. The molecule has 0 saturated heterocycles. The average Bonchev–Trinajstić information content (AvgIpc) is 1.76. The van der Waals surface area contributed by atoms with Crippen molar-refractivity contribution in [2.24, 2.45) is 0 Å². The predicted molar refractivity (Wildman–Crippen MR) is 20.5 cm³/mol. The van der Waals surface area contributed by atoms with E-state index < -0.39 is 0 Å². The molecule has 1 rings (SSSR count). The molecule has 0 aliphatic carbocycles. The second-order valence-corrected chi connectivity index (χ2v) is 0.479. The maximum Gasteiger partial charge on any atom is -0.00217 e. The molecule has 1 aromatic rings. The van der Waals surface area contributed by atoms with Crippen molar-refractivity contribution in [3.05, 3.63) is 0 Å². The number of nitrogens with one attached hydrogen (secondary N) is 1. The van der Waals surface area contributed by atoms with Crippen LogP contribution in [0.1, 0.15) is 0 Å². The normalized spacial score (nSPS) is 6.67. The van der Waals surface area contributed by atoms with Gasteiger partial charge in [0.25, 0.3) is 0 Å². The molecule has 0 amide bonds. The van der Waals surface area contributed by atoms with Gasteiger partial charge in [-0.05, 0) is 20.9 Å². The van der Waals surface area contributed by atoms with Gasteiger partial charge in [-0.1, -0.05) is 0 Å². The molecular formula is H3BaN5. The third-order valence-electron chi connectivity index (χ3n) is 0.219. The Bertz CT molecular complexity index is 60.4. The van der Waals surface area contributed by atoms with E-state index in [-0.39, 0.29) is 48.9 Å². The van der Waals surface area contributed by atoms with Gasteiger partial charge in [-0.15, -0.1) is 0 Å². The Balaban J connectivity index is 0.000000250. The van der Waals surface area contributed by atoms with Crippen molar-refractivity contribution >= 4 is 48.9 Å². The summed E-state index contributed by atoms with van der Waals surface area (Å²) in [4.78, 5) is 0. The summed E-state index contributed by atoms with van der Waals surface area (Å²) in [5.74, 6) is 0. The van der Waals surface area contributed by atoms with Gasteiger partial charge in [0, 0.05) is 0 Å². The van der Waals surface area contributed by atoms with Crippen LogP contribution in [0.2, 0.25) is 0 Å². The summed E-state index contributed by atoms with van der Waals surface area (Å²) < 4.78 is 0. The number of rotatable bonds is 0. The molecule has 1 heterocycles. The molecule has 30 valence electrons. The van der Waals surface area contributed by atoms with Crippen LogP contribution in [0, 0.1) is 0 Å². The van der Waals surface area contributed by atoms with E-state index in [0.717, 1.165) is 0 Å². The molecule has 0 fully saturated rings. The summed E-state index contributed by atoms with van der Waals surface area (Å²) in [5.41, 5.74) is 0. The SMILES string of the molecule is [BaH2].n1nn[nH]n1. The first-order valence-electron chi connectivity index (χ1n) is 1.05. The van der Waals surface area contributed by atoms with Crippen molar-refractivity contribution in [3.63, 3.8) is 0 Å². The van der Waals surface area contributed by atoms with E-state index in [4.69, 9.17) is 0 Å². The van der Waals surface area contributed by atoms with Crippen LogP contribution in [0.5, 0.6) is 0 Å². The predicted octanol–water partition coefficient (Wildman–Crippen LogP) is -2.32. The molecule has 6 heavy (non-hydrogen) atoms. The standard InChI is InChI=1S/Ba.HN5.2H/c;1-2-4-5-3-1;;/h;(H,1,2,3,4,5);;. The molecule has 0 atom stereocenters. The quantitative estimate of drug-likeness (QED) is 0.488. The Morgan fingerprint density at radius 1 is 1.00 bits per heavy atom. The van der Waals surface area contributed by atoms with Crippen molar-refractivity contribution < 1.29 is 0 Å². The molecule has 6 heteroatoms. The van der Waals surface area contributed by atoms with E-state index in [2.05, 4.69) is 26.1 Å². The average molecular weight is 210 g/mol. The van der Waals surface area contributed by atoms with Crippen molar-refractivity contribution in [2.75, 3.05) is 0 Å². The zero-order valence-electron chi connectivity index (χ0n) is 2.29. The molecule has 0 spiro atoms. The Morgan fingerprint density at radius 3 is 1.67 bits per heavy atom. The topological polar surface area (TPSA) is 67.3 Å². The monoisotopic (exact) mass is 211 g/mol. The van der Waals surface area contributed by atoms with E-state index in [1.165, 1.54) is 0 Å². The van der Waals surface area contributed by atoms with E-state index in [1.54, 1.807) is 0 Å². The molecule has 1 N–H and O–H groups in total. The molecule has 0 bridgehead atoms. The van der Waals surface area contributed by atoms with Crippen molar-refractivity contribution in [3.8, 4) is 0 Å². The maximum atomic E-state index is 3.12. The summed E-state index contributed by atoms with van der Waals surface area (Å²) in [6.45, 7) is 0. The van der Waals surface area contributed by atoms with E-state index in [9.17, 15) is 0 Å². The summed E-state index contributed by atoms with van der Waals surface area (Å²) in [5, 5.41) is 14.5. The Labute approximate surface area is 73.9 Å². The van der Waals surface area contributed by atoms with E-state index in [1.807, 2.05) is 0 Å². The Hall–Kier alpha value is 0.571. The zero-order chi connectivity index (χ0) is 3.54. The number of H-pyrrole nitrogens is 1. The van der Waals surface area contributed by atoms with Gasteiger partial charge in [-0.25, -0.2) is 0 Å². The van der Waals surface area contributed by atoms with Crippen molar-refractivity contribution in [2.45, 2.75) is 0 Å². The number of aromatic amines is 1. The number of nitrogens with zero attached hydrogens (tertiary/aromatic N) is 4. The minimum absolute atomic E-state index is 0. The molecule has 0 unspecified atom stereocenters. The molecule has 0 aliphatic heterocycles. The minimum Gasteiger partial charge on any atom is -0.157 e. The second kappa shape index (κ2) is 3.75. The Morgan fingerprint density at radius 2 is 1.50 bits per heavy atom. The third kappa shape index (κ3) is 1.88. The summed E-state index contributed by atoms with van der Waals surface area (Å²) >= 11 is 0. The summed E-state index contributed by atoms with van der Waals surface area (Å²) in [7, 11) is 0. The molecule has 0 saturated carbocycles. The largest absolute Gasteiger partial charge is 0.157 e. The van der Waals surface area contributed by atoms with Crippen LogP contribution >= 0.6 is 0 Å². The molecule has 0 aromatic carbocycles. The summed E-state index contributed by atoms with van der Waals surface area (Å²) in [6.07, 6.45) is 0. The van der Waals surface area contributed by atoms with E-state index >= 15 is 0 Å². The van der Waals surface area contributed by atoms with Crippen LogP contribution in [0.3, 0.4) is 0 Å². The van der Waals surface area contributed by atoms with Gasteiger partial charge >= 0.3 is 48.9 Å². The van der Waals surface area contributed by atoms with Gasteiger partial charge in [0.1, 0.15) is 0 Å². The van der Waals surface area contributed by atoms with Crippen molar-refractivity contribution in [1.82, 2.24) is 26.1 Å². The first-order chi connectivity index (χ1) is 2.50. The zero-order valence-corrected chi connectivity index (χ0v) is 2.29. The van der Waals surface area contributed by atoms with Gasteiger partial charge in [-0.2, -0.15) is 5.21 Å². The first kappa shape index (κ1) is 6.57. The van der Waals surface area contributed by atoms with Crippen LogP contribution in [0.4, 0.5) is 0 Å². The smallest absolute Gasteiger partial charge is 0.00217 e. The number of hydrogen-bond acceptors (Lipinski definition) is 4. The first-order valence-corrected chi connectivity index (χ1v) is 1.05. The minimum atomic E-state index is 0. The van der Waals surface area contributed by atoms with E-state index in [0.29, 0.717) is 0 Å². The molecule has 0 radical (unpaired) electrons. The molecular weight excluding hydrogens is 207 g/mol. The van der Waals surface area contributed by atoms with Crippen LogP contribution < -0.4 is 0 Å². The second-order valence-electron chi connectivity index (χ2n) is 0.479. The summed E-state index contributed by atoms with van der Waals surface area (Å²) in [6, 6.07) is 0. The van der Waals surface area contributed by atoms with Gasteiger partial charge in [0.05, 0.1) is 0 Å². The van der Waals surface area contributed by atoms with Gasteiger partial charge < -0.3 is 0 Å². The van der Waals surface area contributed by atoms with Gasteiger partial charge in [-0.3, -0.25) is 0 Å². The van der Waals surface area contributed by atoms with Crippen LogP contribution in [0.15, 0.2) is 0 Å². The molecule has 5 nitrogen and oxygen atoms in total. The number of hydrogen-bond donors (Lipinski definition) is 1. The van der Waals surface area contributed by atoms with Crippen LogP contribution in [-0.4, -0.2) is 74.9 Å². The fraction of sp³-hybridized carbons (Fsp3) is 0. The van der Waals surface area contributed by atoms with Crippen LogP contribution in [0.25, 0.3) is 0 Å². The third-order valence-corrected chi connectivity index (χ3v) is 0.219. The fourth-order valence-electron chi connectivity index (χ4n) is 0.100. The molecule has 1 aromatic heterocycles. The van der Waals surface area contributed by atoms with Gasteiger partial charge in [0.15, 0.2) is 0 Å². The van der Waals surface area contributed by atoms with Crippen molar-refractivity contribution in [1.29, 1.82) is 0 Å². The van der Waals surface area contributed by atoms with Crippen LogP contribution in [-0.2, 0) is 0 Å². The molecule has 0 aliphatic rings. The number of aromatic nitrogens is 5. The Kier molecular flexibility index (Phi) is 4.11. The van der Waals surface area contributed by atoms with Gasteiger partial charge in [0.2, 0.25) is 0 Å².